The van der Waals surface area contributed by atoms with Gasteiger partial charge in [0.1, 0.15) is 5.58 Å². The van der Waals surface area contributed by atoms with Crippen LogP contribution in [0.2, 0.25) is 0 Å². The Morgan fingerprint density at radius 3 is 2.69 bits per heavy atom. The Labute approximate surface area is 167 Å². The van der Waals surface area contributed by atoms with Crippen molar-refractivity contribution in [2.45, 2.75) is 0 Å². The Balaban J connectivity index is 1.78. The Kier molecular flexibility index (Phi) is 5.03. The summed E-state index contributed by atoms with van der Waals surface area (Å²) in [6.45, 7) is 0. The van der Waals surface area contributed by atoms with E-state index in [4.69, 9.17) is 13.9 Å². The first kappa shape index (κ1) is 18.4. The van der Waals surface area contributed by atoms with Crippen LogP contribution in [0.25, 0.3) is 22.1 Å². The van der Waals surface area contributed by atoms with Gasteiger partial charge in [-0.05, 0) is 47.5 Å². The number of ether oxygens (including phenoxy) is 2. The van der Waals surface area contributed by atoms with Crippen LogP contribution in [-0.4, -0.2) is 25.3 Å². The number of nitrogens with one attached hydrogen (secondary N) is 2. The van der Waals surface area contributed by atoms with E-state index in [0.717, 1.165) is 33.5 Å². The number of pyridine rings is 1. The first-order chi connectivity index (χ1) is 14.2. The van der Waals surface area contributed by atoms with Crippen molar-refractivity contribution in [3.05, 3.63) is 67.1 Å². The minimum atomic E-state index is -0.541. The molecule has 7 nitrogen and oxygen atoms in total. The number of carbonyl (C=O) groups is 1. The molecule has 0 fully saturated rings. The quantitative estimate of drug-likeness (QED) is 0.474. The summed E-state index contributed by atoms with van der Waals surface area (Å²) in [6, 6.07) is 17.1. The predicted octanol–water partition coefficient (Wildman–Crippen LogP) is 5.43. The molecule has 0 atom stereocenters. The highest BCUT2D eigenvalue weighted by Gasteiger charge is 2.11. The SMILES string of the molecule is COC(=O)Nc1cc(Nc2ccnc(OC)c2)cc(-c2cccc3occc23)c1. The molecule has 7 heteroatoms. The van der Waals surface area contributed by atoms with Gasteiger partial charge in [-0.3, -0.25) is 5.32 Å². The molecule has 146 valence electrons. The van der Waals surface area contributed by atoms with E-state index in [1.54, 1.807) is 25.6 Å². The molecule has 2 N–H and O–H groups in total. The third kappa shape index (κ3) is 3.98. The highest BCUT2D eigenvalue weighted by Crippen LogP contribution is 2.34. The molecule has 4 aromatic rings. The van der Waals surface area contributed by atoms with Crippen LogP contribution in [0.15, 0.2) is 71.5 Å². The van der Waals surface area contributed by atoms with Crippen molar-refractivity contribution >= 4 is 34.1 Å². The number of hydrogen-bond acceptors (Lipinski definition) is 6. The average molecular weight is 389 g/mol. The summed E-state index contributed by atoms with van der Waals surface area (Å²) >= 11 is 0. The minimum Gasteiger partial charge on any atom is -0.481 e. The molecule has 0 saturated heterocycles. The van der Waals surface area contributed by atoms with Gasteiger partial charge in [0.05, 0.1) is 20.5 Å². The number of furan rings is 1. The number of fused-ring (bicyclic) bond motifs is 1. The normalized spacial score (nSPS) is 10.6. The van der Waals surface area contributed by atoms with Crippen molar-refractivity contribution in [1.82, 2.24) is 4.98 Å². The third-order valence-corrected chi connectivity index (χ3v) is 4.40. The predicted molar refractivity (Wildman–Crippen MR) is 112 cm³/mol. The maximum Gasteiger partial charge on any atom is 0.411 e. The van der Waals surface area contributed by atoms with Crippen molar-refractivity contribution in [3.63, 3.8) is 0 Å². The maximum absolute atomic E-state index is 11.8. The number of carbonyl (C=O) groups excluding carboxylic acids is 1. The van der Waals surface area contributed by atoms with Crippen molar-refractivity contribution < 1.29 is 18.7 Å². The monoisotopic (exact) mass is 389 g/mol. The summed E-state index contributed by atoms with van der Waals surface area (Å²) in [6.07, 6.45) is 2.78. The summed E-state index contributed by atoms with van der Waals surface area (Å²) in [7, 11) is 2.89. The lowest BCUT2D eigenvalue weighted by molar-refractivity contribution is 0.187. The lowest BCUT2D eigenvalue weighted by atomic mass is 10.0. The van der Waals surface area contributed by atoms with Gasteiger partial charge in [0.25, 0.3) is 0 Å². The molecule has 0 radical (unpaired) electrons. The van der Waals surface area contributed by atoms with Crippen LogP contribution in [0.4, 0.5) is 21.9 Å². The highest BCUT2D eigenvalue weighted by atomic mass is 16.5. The van der Waals surface area contributed by atoms with E-state index in [1.807, 2.05) is 48.5 Å². The molecular weight excluding hydrogens is 370 g/mol. The zero-order chi connectivity index (χ0) is 20.2. The second-order valence-corrected chi connectivity index (χ2v) is 6.27. The molecule has 0 aliphatic heterocycles. The first-order valence-corrected chi connectivity index (χ1v) is 8.90. The van der Waals surface area contributed by atoms with Gasteiger partial charge in [0, 0.05) is 34.7 Å². The Morgan fingerprint density at radius 2 is 1.86 bits per heavy atom. The van der Waals surface area contributed by atoms with Crippen LogP contribution >= 0.6 is 0 Å². The third-order valence-electron chi connectivity index (χ3n) is 4.40. The molecule has 2 heterocycles. The molecule has 29 heavy (non-hydrogen) atoms. The fourth-order valence-electron chi connectivity index (χ4n) is 3.11. The molecule has 1 amide bonds. The molecular formula is C22H19N3O4. The van der Waals surface area contributed by atoms with Crippen LogP contribution in [0.5, 0.6) is 5.88 Å². The number of amides is 1. The molecule has 0 aliphatic rings. The van der Waals surface area contributed by atoms with Crippen molar-refractivity contribution in [2.75, 3.05) is 24.9 Å². The largest absolute Gasteiger partial charge is 0.481 e. The van der Waals surface area contributed by atoms with E-state index in [0.29, 0.717) is 11.6 Å². The average Bonchev–Trinajstić information content (AvgIpc) is 3.22. The molecule has 2 aromatic carbocycles. The van der Waals surface area contributed by atoms with Gasteiger partial charge in [-0.15, -0.1) is 0 Å². The minimum absolute atomic E-state index is 0.502. The number of rotatable bonds is 5. The van der Waals surface area contributed by atoms with Gasteiger partial charge < -0.3 is 19.2 Å². The Morgan fingerprint density at radius 1 is 1.00 bits per heavy atom. The first-order valence-electron chi connectivity index (χ1n) is 8.90. The molecule has 2 aromatic heterocycles. The zero-order valence-corrected chi connectivity index (χ0v) is 15.9. The van der Waals surface area contributed by atoms with Gasteiger partial charge in [-0.1, -0.05) is 12.1 Å². The van der Waals surface area contributed by atoms with E-state index in [9.17, 15) is 4.79 Å². The smallest absolute Gasteiger partial charge is 0.411 e. The molecule has 0 bridgehead atoms. The van der Waals surface area contributed by atoms with E-state index in [1.165, 1.54) is 7.11 Å². The number of methoxy groups -OCH3 is 2. The van der Waals surface area contributed by atoms with Crippen molar-refractivity contribution in [2.24, 2.45) is 0 Å². The van der Waals surface area contributed by atoms with Gasteiger partial charge in [-0.2, -0.15) is 0 Å². The topological polar surface area (TPSA) is 85.6 Å². The molecule has 0 saturated carbocycles. The van der Waals surface area contributed by atoms with Crippen LogP contribution in [-0.2, 0) is 4.74 Å². The molecule has 4 rings (SSSR count). The number of aromatic nitrogens is 1. The zero-order valence-electron chi connectivity index (χ0n) is 15.9. The summed E-state index contributed by atoms with van der Waals surface area (Å²) < 4.78 is 15.4. The summed E-state index contributed by atoms with van der Waals surface area (Å²) in [5, 5.41) is 7.04. The summed E-state index contributed by atoms with van der Waals surface area (Å²) in [5.74, 6) is 0.502. The summed E-state index contributed by atoms with van der Waals surface area (Å²) in [5.41, 5.74) is 4.87. The number of nitrogens with zero attached hydrogens (tertiary/aromatic N) is 1. The van der Waals surface area contributed by atoms with E-state index in [2.05, 4.69) is 15.6 Å². The lowest BCUT2D eigenvalue weighted by Gasteiger charge is -2.13. The summed E-state index contributed by atoms with van der Waals surface area (Å²) in [4.78, 5) is 15.9. The van der Waals surface area contributed by atoms with Crippen molar-refractivity contribution in [3.8, 4) is 17.0 Å². The van der Waals surface area contributed by atoms with Crippen LogP contribution < -0.4 is 15.4 Å². The fourth-order valence-corrected chi connectivity index (χ4v) is 3.11. The Bertz CT molecular complexity index is 1170. The molecule has 0 spiro atoms. The number of anilines is 3. The van der Waals surface area contributed by atoms with E-state index >= 15 is 0 Å². The van der Waals surface area contributed by atoms with Crippen LogP contribution in [0.1, 0.15) is 0 Å². The lowest BCUT2D eigenvalue weighted by Crippen LogP contribution is -2.11. The molecule has 0 aliphatic carbocycles. The van der Waals surface area contributed by atoms with E-state index in [-0.39, 0.29) is 0 Å². The standard InChI is InChI=1S/C22H19N3O4/c1-27-21-13-15(6-8-23-21)24-16-10-14(11-17(12-16)25-22(26)28-2)18-4-3-5-20-19(18)7-9-29-20/h3-13H,1-2H3,(H,23,24)(H,25,26). The van der Waals surface area contributed by atoms with E-state index < -0.39 is 6.09 Å². The fraction of sp³-hybridized carbons (Fsp3) is 0.0909. The number of hydrogen-bond donors (Lipinski definition) is 2. The van der Waals surface area contributed by atoms with Gasteiger partial charge in [0.2, 0.25) is 5.88 Å². The van der Waals surface area contributed by atoms with Crippen LogP contribution in [0, 0.1) is 0 Å². The van der Waals surface area contributed by atoms with Gasteiger partial charge in [-0.25, -0.2) is 9.78 Å². The maximum atomic E-state index is 11.8. The molecule has 0 unspecified atom stereocenters. The number of benzene rings is 2. The van der Waals surface area contributed by atoms with Crippen LogP contribution in [0.3, 0.4) is 0 Å². The second-order valence-electron chi connectivity index (χ2n) is 6.27. The highest BCUT2D eigenvalue weighted by molar-refractivity contribution is 5.96. The second kappa shape index (κ2) is 7.93. The van der Waals surface area contributed by atoms with Gasteiger partial charge >= 0.3 is 6.09 Å². The van der Waals surface area contributed by atoms with Gasteiger partial charge in [0.15, 0.2) is 0 Å². The Hall–Kier alpha value is -4.00. The van der Waals surface area contributed by atoms with Crippen molar-refractivity contribution in [1.29, 1.82) is 0 Å².